The van der Waals surface area contributed by atoms with Gasteiger partial charge in [0.05, 0.1) is 25.4 Å². The quantitative estimate of drug-likeness (QED) is 0.0204. The standard InChI is InChI=1S/C47H74NO9P/c1-3-5-7-9-11-13-15-17-18-19-20-21-22-23-25-27-29-31-33-37-47(50)56-43(42-55-58(51,52)54-40-39-48)41-53-46(49)38-34-36-45-44(57-45)35-32-30-28-26-24-16-14-12-10-8-6-4-2/h5,7,11-14,17-18,20-21,23-26,29-32,43-45H,3-4,6,8-10,15-16,19,22,27-28,33-42,48H2,1-2H3,(H,51,52)/b7-5-,13-11-,14-12-,18-17-,21-20-,25-23-,26-24-,31-29-,32-30-/t43-,44?,45?/m1/s1. The van der Waals surface area contributed by atoms with E-state index in [4.69, 9.17) is 29.0 Å². The molecule has 11 heteroatoms. The molecule has 0 aromatic carbocycles. The number of rotatable bonds is 37. The molecule has 1 aliphatic heterocycles. The highest BCUT2D eigenvalue weighted by atomic mass is 31.2. The van der Waals surface area contributed by atoms with Crippen LogP contribution in [0.3, 0.4) is 0 Å². The summed E-state index contributed by atoms with van der Waals surface area (Å²) in [6.07, 6.45) is 53.0. The van der Waals surface area contributed by atoms with Gasteiger partial charge >= 0.3 is 19.8 Å². The van der Waals surface area contributed by atoms with Crippen LogP contribution in [0.4, 0.5) is 0 Å². The fraction of sp³-hybridized carbons (Fsp3) is 0.574. The lowest BCUT2D eigenvalue weighted by Crippen LogP contribution is -2.29. The first kappa shape index (κ1) is 52.6. The van der Waals surface area contributed by atoms with Gasteiger partial charge in [0.2, 0.25) is 0 Å². The average molecular weight is 828 g/mol. The minimum absolute atomic E-state index is 0.0249. The molecule has 0 aliphatic carbocycles. The van der Waals surface area contributed by atoms with Gasteiger partial charge in [0.25, 0.3) is 0 Å². The minimum atomic E-state index is -4.43. The molecule has 1 aliphatic rings. The van der Waals surface area contributed by atoms with Gasteiger partial charge in [-0.2, -0.15) is 0 Å². The number of epoxide rings is 1. The second-order valence-electron chi connectivity index (χ2n) is 13.9. The molecule has 0 aromatic rings. The molecule has 326 valence electrons. The number of phosphoric acid groups is 1. The Morgan fingerprint density at radius 2 is 1.17 bits per heavy atom. The highest BCUT2D eigenvalue weighted by molar-refractivity contribution is 7.47. The summed E-state index contributed by atoms with van der Waals surface area (Å²) in [5.41, 5.74) is 5.34. The summed E-state index contributed by atoms with van der Waals surface area (Å²) in [4.78, 5) is 34.9. The molecule has 3 unspecified atom stereocenters. The van der Waals surface area contributed by atoms with Crippen LogP contribution in [0.15, 0.2) is 109 Å². The van der Waals surface area contributed by atoms with E-state index in [0.717, 1.165) is 70.6 Å². The van der Waals surface area contributed by atoms with Gasteiger partial charge in [-0.3, -0.25) is 18.6 Å². The third-order valence-corrected chi connectivity index (χ3v) is 9.56. The summed E-state index contributed by atoms with van der Waals surface area (Å²) in [5.74, 6) is -1.02. The van der Waals surface area contributed by atoms with Gasteiger partial charge in [-0.05, 0) is 89.9 Å². The van der Waals surface area contributed by atoms with E-state index in [2.05, 4.69) is 111 Å². The molecule has 0 saturated carbocycles. The van der Waals surface area contributed by atoms with E-state index < -0.39 is 32.5 Å². The summed E-state index contributed by atoms with van der Waals surface area (Å²) in [6, 6.07) is 0. The molecule has 1 rings (SSSR count). The Morgan fingerprint density at radius 3 is 1.72 bits per heavy atom. The number of esters is 2. The number of carbonyl (C=O) groups excluding carboxylic acids is 2. The molecule has 10 nitrogen and oxygen atoms in total. The monoisotopic (exact) mass is 828 g/mol. The van der Waals surface area contributed by atoms with E-state index in [0.29, 0.717) is 12.8 Å². The third-order valence-electron chi connectivity index (χ3n) is 8.58. The van der Waals surface area contributed by atoms with E-state index in [-0.39, 0.29) is 44.8 Å². The molecule has 58 heavy (non-hydrogen) atoms. The van der Waals surface area contributed by atoms with Gasteiger partial charge in [-0.15, -0.1) is 0 Å². The molecule has 0 aromatic heterocycles. The Kier molecular flexibility index (Phi) is 34.4. The largest absolute Gasteiger partial charge is 0.472 e. The SMILES string of the molecule is CC/C=C\C/C=C\C/C=C\C/C=C\C/C=C\C/C=C\CCC(=O)O[C@H](COC(=O)CCCC1OC1C/C=C\C/C=C\C/C=C\CCCCC)COP(=O)(O)OCCN. The summed E-state index contributed by atoms with van der Waals surface area (Å²) in [5, 5.41) is 0. The van der Waals surface area contributed by atoms with Crippen molar-refractivity contribution in [3.8, 4) is 0 Å². The zero-order valence-corrected chi connectivity index (χ0v) is 36.3. The van der Waals surface area contributed by atoms with Crippen molar-refractivity contribution in [1.29, 1.82) is 0 Å². The number of hydrogen-bond acceptors (Lipinski definition) is 9. The molecular formula is C47H74NO9P. The zero-order valence-electron chi connectivity index (χ0n) is 35.4. The van der Waals surface area contributed by atoms with Crippen molar-refractivity contribution >= 4 is 19.8 Å². The average Bonchev–Trinajstić information content (AvgIpc) is 3.97. The van der Waals surface area contributed by atoms with Crippen LogP contribution < -0.4 is 5.73 Å². The first-order valence-corrected chi connectivity index (χ1v) is 23.0. The van der Waals surface area contributed by atoms with Gasteiger partial charge in [0.15, 0.2) is 6.10 Å². The molecule has 1 fully saturated rings. The summed E-state index contributed by atoms with van der Waals surface area (Å²) < 4.78 is 38.4. The zero-order chi connectivity index (χ0) is 42.2. The normalized spacial score (nSPS) is 17.9. The van der Waals surface area contributed by atoms with Crippen LogP contribution in [-0.4, -0.2) is 61.5 Å². The van der Waals surface area contributed by atoms with Crippen molar-refractivity contribution in [1.82, 2.24) is 0 Å². The van der Waals surface area contributed by atoms with Crippen molar-refractivity contribution in [2.75, 3.05) is 26.4 Å². The molecule has 0 spiro atoms. The lowest BCUT2D eigenvalue weighted by atomic mass is 10.1. The van der Waals surface area contributed by atoms with Crippen LogP contribution in [0.25, 0.3) is 0 Å². The van der Waals surface area contributed by atoms with Crippen molar-refractivity contribution in [3.05, 3.63) is 109 Å². The van der Waals surface area contributed by atoms with E-state index in [1.54, 1.807) is 0 Å². The smallest absolute Gasteiger partial charge is 0.462 e. The maximum atomic E-state index is 12.6. The summed E-state index contributed by atoms with van der Waals surface area (Å²) in [7, 11) is -4.43. The second-order valence-corrected chi connectivity index (χ2v) is 15.3. The van der Waals surface area contributed by atoms with E-state index in [1.165, 1.54) is 19.3 Å². The summed E-state index contributed by atoms with van der Waals surface area (Å²) in [6.45, 7) is 3.38. The van der Waals surface area contributed by atoms with Crippen molar-refractivity contribution in [2.45, 2.75) is 148 Å². The number of carbonyl (C=O) groups is 2. The van der Waals surface area contributed by atoms with Crippen LogP contribution in [-0.2, 0) is 37.4 Å². The van der Waals surface area contributed by atoms with Crippen LogP contribution in [0.5, 0.6) is 0 Å². The second kappa shape index (κ2) is 37.9. The van der Waals surface area contributed by atoms with E-state index >= 15 is 0 Å². The first-order valence-electron chi connectivity index (χ1n) is 21.5. The van der Waals surface area contributed by atoms with Crippen LogP contribution in [0.1, 0.15) is 129 Å². The molecule has 0 amide bonds. The lowest BCUT2D eigenvalue weighted by Gasteiger charge is -2.19. The maximum Gasteiger partial charge on any atom is 0.472 e. The molecule has 0 bridgehead atoms. The minimum Gasteiger partial charge on any atom is -0.462 e. The Hall–Kier alpha value is -3.37. The van der Waals surface area contributed by atoms with Crippen LogP contribution >= 0.6 is 7.82 Å². The molecule has 1 saturated heterocycles. The number of allylic oxidation sites excluding steroid dienone is 17. The van der Waals surface area contributed by atoms with Gasteiger partial charge in [-0.25, -0.2) is 4.57 Å². The summed E-state index contributed by atoms with van der Waals surface area (Å²) >= 11 is 0. The van der Waals surface area contributed by atoms with Gasteiger partial charge in [-0.1, -0.05) is 136 Å². The van der Waals surface area contributed by atoms with Crippen molar-refractivity contribution < 1.29 is 42.3 Å². The number of unbranched alkanes of at least 4 members (excludes halogenated alkanes) is 3. The number of nitrogens with two attached hydrogens (primary N) is 1. The Bertz CT molecular complexity index is 1380. The van der Waals surface area contributed by atoms with E-state index in [1.807, 2.05) is 12.2 Å². The number of ether oxygens (including phenoxy) is 3. The predicted octanol–water partition coefficient (Wildman–Crippen LogP) is 11.4. The van der Waals surface area contributed by atoms with Crippen LogP contribution in [0, 0.1) is 0 Å². The number of phosphoric ester groups is 1. The van der Waals surface area contributed by atoms with Crippen LogP contribution in [0.2, 0.25) is 0 Å². The Labute approximate surface area is 350 Å². The Morgan fingerprint density at radius 1 is 0.638 bits per heavy atom. The van der Waals surface area contributed by atoms with Gasteiger partial charge in [0, 0.05) is 19.4 Å². The van der Waals surface area contributed by atoms with Gasteiger partial charge in [0.1, 0.15) is 6.61 Å². The molecule has 3 N–H and O–H groups in total. The lowest BCUT2D eigenvalue weighted by molar-refractivity contribution is -0.161. The van der Waals surface area contributed by atoms with Crippen molar-refractivity contribution in [2.24, 2.45) is 5.73 Å². The van der Waals surface area contributed by atoms with E-state index in [9.17, 15) is 19.0 Å². The maximum absolute atomic E-state index is 12.6. The molecular weight excluding hydrogens is 753 g/mol. The fourth-order valence-corrected chi connectivity index (χ4v) is 6.10. The van der Waals surface area contributed by atoms with Crippen molar-refractivity contribution in [3.63, 3.8) is 0 Å². The molecule has 1 heterocycles. The first-order chi connectivity index (χ1) is 28.3. The highest BCUT2D eigenvalue weighted by Gasteiger charge is 2.36. The Balaban J connectivity index is 2.31. The topological polar surface area (TPSA) is 147 Å². The fourth-order valence-electron chi connectivity index (χ4n) is 5.33. The van der Waals surface area contributed by atoms with Gasteiger partial charge < -0.3 is 24.8 Å². The molecule has 4 atom stereocenters. The number of hydrogen-bond donors (Lipinski definition) is 2. The molecule has 0 radical (unpaired) electrons. The third kappa shape index (κ3) is 34.7. The highest BCUT2D eigenvalue weighted by Crippen LogP contribution is 2.43. The predicted molar refractivity (Wildman–Crippen MR) is 237 cm³/mol.